The number of sulfonamides is 1. The molecule has 8 aliphatic heterocycles. The smallest absolute Gasteiger partial charge is 0.444 e. The molecular formula is C76H98BrCl4F4LiN12O8S2. The summed E-state index contributed by atoms with van der Waals surface area (Å²) in [4.78, 5) is 44.7. The second kappa shape index (κ2) is 39.5. The molecule has 0 radical (unpaired) electrons. The number of alkyl halides is 1. The van der Waals surface area contributed by atoms with E-state index < -0.39 is 24.7 Å². The van der Waals surface area contributed by atoms with Crippen molar-refractivity contribution in [2.45, 2.75) is 153 Å². The number of nitrogens with one attached hydrogen (secondary N) is 1. The number of likely N-dealkylation sites (tertiary alicyclic amines) is 2. The van der Waals surface area contributed by atoms with Gasteiger partial charge in [0.05, 0.1) is 104 Å². The van der Waals surface area contributed by atoms with Gasteiger partial charge in [-0.25, -0.2) is 68.2 Å². The maximum Gasteiger partial charge on any atom is 1.00 e. The zero-order valence-corrected chi connectivity index (χ0v) is 69.1. The second-order valence-electron chi connectivity index (χ2n) is 29.4. The van der Waals surface area contributed by atoms with Crippen LogP contribution >= 0.6 is 63.8 Å². The van der Waals surface area contributed by atoms with Gasteiger partial charge in [-0.3, -0.25) is 0 Å². The van der Waals surface area contributed by atoms with Crippen LogP contribution in [0.15, 0.2) is 123 Å². The molecule has 586 valence electrons. The van der Waals surface area contributed by atoms with Crippen molar-refractivity contribution < 1.29 is 72.3 Å². The zero-order valence-electron chi connectivity index (χ0n) is 62.7. The number of imidazole rings is 4. The third-order valence-corrected chi connectivity index (χ3v) is 21.7. The summed E-state index contributed by atoms with van der Waals surface area (Å²) in [7, 11) is -1.82. The molecule has 12 heterocycles. The van der Waals surface area contributed by atoms with Crippen molar-refractivity contribution in [3.63, 3.8) is 0 Å². The van der Waals surface area contributed by atoms with Crippen molar-refractivity contribution in [1.82, 2.24) is 57.6 Å². The van der Waals surface area contributed by atoms with Crippen LogP contribution in [0, 0.1) is 47.9 Å². The van der Waals surface area contributed by atoms with Gasteiger partial charge < -0.3 is 49.8 Å². The molecule has 4 aromatic carbocycles. The number of rotatable bonds is 5. The predicted octanol–water partition coefficient (Wildman–Crippen LogP) is 14.0. The molecule has 4 aromatic heterocycles. The third kappa shape index (κ3) is 23.3. The van der Waals surface area contributed by atoms with E-state index >= 15 is 0 Å². The summed E-state index contributed by atoms with van der Waals surface area (Å²) in [6.45, 7) is 24.0. The van der Waals surface area contributed by atoms with E-state index in [0.717, 1.165) is 140 Å². The van der Waals surface area contributed by atoms with E-state index in [0.29, 0.717) is 54.8 Å². The van der Waals surface area contributed by atoms with Crippen molar-refractivity contribution in [1.29, 1.82) is 0 Å². The fourth-order valence-corrected chi connectivity index (χ4v) is 15.9. The van der Waals surface area contributed by atoms with E-state index in [4.69, 9.17) is 9.47 Å². The van der Waals surface area contributed by atoms with Gasteiger partial charge in [0.2, 0.25) is 19.1 Å². The van der Waals surface area contributed by atoms with E-state index in [1.54, 1.807) is 75.7 Å². The van der Waals surface area contributed by atoms with Crippen LogP contribution in [0.2, 0.25) is 0 Å². The van der Waals surface area contributed by atoms with Crippen molar-refractivity contribution in [2.24, 2.45) is 17.8 Å². The molecule has 8 aromatic rings. The van der Waals surface area contributed by atoms with Gasteiger partial charge in [-0.2, -0.15) is 6.42 Å². The summed E-state index contributed by atoms with van der Waals surface area (Å²) in [5.74, 6) is 0.494. The van der Waals surface area contributed by atoms with Crippen LogP contribution in [-0.4, -0.2) is 162 Å². The number of carbonyl (C=O) groups is 2. The monoisotopic (exact) mass is 1670 g/mol. The Balaban J connectivity index is 0.000000207. The number of piperidine rings is 4. The van der Waals surface area contributed by atoms with E-state index in [2.05, 4.69) is 79.4 Å². The first kappa shape index (κ1) is 90.9. The Morgan fingerprint density at radius 1 is 0.537 bits per heavy atom. The quantitative estimate of drug-likeness (QED) is 0.0559. The number of unbranched alkanes of at least 4 members (excludes halogenated alkanes) is 1. The van der Waals surface area contributed by atoms with Crippen LogP contribution in [0.4, 0.5) is 27.2 Å². The number of aromatic nitrogens is 8. The molecule has 32 heteroatoms. The Morgan fingerprint density at radius 3 is 1.22 bits per heavy atom. The minimum atomic E-state index is -3.19. The Morgan fingerprint density at radius 2 is 0.861 bits per heavy atom. The molecular weight excluding hydrogens is 1580 g/mol. The van der Waals surface area contributed by atoms with Gasteiger partial charge in [0.1, 0.15) is 34.5 Å². The maximum atomic E-state index is 13.7. The Kier molecular flexibility index (Phi) is 33.2. The largest absolute Gasteiger partial charge is 1.00 e. The van der Waals surface area contributed by atoms with Crippen LogP contribution in [0.5, 0.6) is 0 Å². The number of hydrogen-bond donors (Lipinski definition) is 1. The molecule has 108 heavy (non-hydrogen) atoms. The molecule has 0 aliphatic carbocycles. The minimum absolute atomic E-state index is 0. The van der Waals surface area contributed by atoms with Gasteiger partial charge in [0.15, 0.2) is 0 Å². The first-order chi connectivity index (χ1) is 49.3. The van der Waals surface area contributed by atoms with E-state index in [1.807, 2.05) is 89.2 Å². The first-order valence-corrected chi connectivity index (χ1v) is 40.9. The normalized spacial score (nSPS) is 18.3. The molecule has 16 rings (SSSR count). The zero-order chi connectivity index (χ0) is 75.0. The van der Waals surface area contributed by atoms with E-state index in [-0.39, 0.29) is 109 Å². The molecule has 4 fully saturated rings. The summed E-state index contributed by atoms with van der Waals surface area (Å²) in [5.41, 5.74) is 11.6. The molecule has 0 bridgehead atoms. The van der Waals surface area contributed by atoms with Crippen LogP contribution in [0.25, 0.3) is 45.0 Å². The molecule has 0 saturated carbocycles. The van der Waals surface area contributed by atoms with E-state index in [9.17, 15) is 44.0 Å². The van der Waals surface area contributed by atoms with Crippen molar-refractivity contribution in [2.75, 3.05) is 64.9 Å². The summed E-state index contributed by atoms with van der Waals surface area (Å²) < 4.78 is 117. The standard InChI is InChI=1S/C20H24FN3O2.C16H18FN3O2S.C15H16FN3.C10H18BrNO2.C10H7FN2.C4H9.CH3ClO2S.3ClH.Li/c1-20(2,3)26-19(25)23-8-6-13(7-9-23)18-15-5-4-14(21)10-16(15)17-11-22-12-24(17)18;1-23(21,22)19-6-4-11(5-7-19)16-13-3-2-12(17)8-14(13)15-9-18-10-20(15)16;16-11-1-2-12-13(7-11)14-8-18-9-19(14)15(12)10-3-5-17-6-4-10;1-10(2,3)14-9(13)12-6-4-8(11)5-7-12;11-8-2-1-7-5-13-6-12-4-10(13)9(7)3-8;1-3-4-2;1-5(2,3)4;;;;/h4-5,10-13,18H,6-9H2,1-3H3;2-3,8-11,16H,4-7H2,1H3;1-2,7-10,15,17H,3-6H2;8H,4-7H2,1-3H3;1-4,6H,5H2;1,3-4H2,2H3;1H3;3*1H;/q;;;;;-1;;;;;+1. The average molecular weight is 1680 g/mol. The number of fused-ring (bicyclic) bond motifs is 12. The molecule has 0 spiro atoms. The Labute approximate surface area is 676 Å². The first-order valence-electron chi connectivity index (χ1n) is 35.5. The average Bonchev–Trinajstić information content (AvgIpc) is 1.60. The van der Waals surface area contributed by atoms with Gasteiger partial charge >= 0.3 is 31.0 Å². The van der Waals surface area contributed by atoms with E-state index in [1.165, 1.54) is 54.8 Å². The molecule has 1 N–H and O–H groups in total. The number of benzene rings is 4. The SMILES string of the molecule is CC(C)(C)OC(=O)N1CCC(Br)CC1.CC(C)(C)OC(=O)N1CCC(C2c3ccc(F)cc3-c3cncn32)CC1.CS(=O)(=O)Cl.CS(=O)(=O)N1CCC(C2c3ccc(F)cc3-c3cncn32)CC1.Cl.Cl.Cl.Fc1ccc2c(c1)-c1cncn1C2.Fc1ccc2c(c1)-c1cncn1C2C1CCNCC1.[CH2-]CCC.[Li+]. The van der Waals surface area contributed by atoms with Gasteiger partial charge in [-0.05, 0) is 195 Å². The number of hydrogen-bond acceptors (Lipinski definition) is 13. The second-order valence-corrected chi connectivity index (χ2v) is 35.7. The molecule has 3 atom stereocenters. The van der Waals surface area contributed by atoms with Gasteiger partial charge in [-0.1, -0.05) is 53.5 Å². The van der Waals surface area contributed by atoms with Crippen molar-refractivity contribution >= 4 is 95.1 Å². The number of halogens is 9. The van der Waals surface area contributed by atoms with Crippen LogP contribution in [0.3, 0.4) is 0 Å². The van der Waals surface area contributed by atoms with Gasteiger partial charge in [0.25, 0.3) is 0 Å². The molecule has 20 nitrogen and oxygen atoms in total. The summed E-state index contributed by atoms with van der Waals surface area (Å²) >= 11 is 3.55. The Bertz CT molecular complexity index is 4500. The molecule has 3 unspecified atom stereocenters. The number of nitrogens with zero attached hydrogens (tertiary/aromatic N) is 11. The van der Waals surface area contributed by atoms with Crippen LogP contribution in [0.1, 0.15) is 153 Å². The fourth-order valence-electron chi connectivity index (χ4n) is 14.7. The number of ether oxygens (including phenoxy) is 2. The fraction of sp³-hybridized carbons (Fsp3) is 0.487. The maximum absolute atomic E-state index is 13.7. The van der Waals surface area contributed by atoms with Gasteiger partial charge in [0, 0.05) is 83.6 Å². The van der Waals surface area contributed by atoms with Crippen LogP contribution in [-0.2, 0) is 35.1 Å². The number of amides is 2. The summed E-state index contributed by atoms with van der Waals surface area (Å²) in [5, 5.41) is 3.40. The number of carbonyl (C=O) groups excluding carboxylic acids is 2. The Hall–Kier alpha value is -5.96. The van der Waals surface area contributed by atoms with Gasteiger partial charge in [-0.15, -0.1) is 37.2 Å². The predicted molar refractivity (Wildman–Crippen MR) is 422 cm³/mol. The molecule has 2 amide bonds. The van der Waals surface area contributed by atoms with Crippen molar-refractivity contribution in [3.05, 3.63) is 175 Å². The van der Waals surface area contributed by atoms with Crippen LogP contribution < -0.4 is 24.2 Å². The van der Waals surface area contributed by atoms with Crippen molar-refractivity contribution in [3.8, 4) is 45.0 Å². The molecule has 8 aliphatic rings. The topological polar surface area (TPSA) is 214 Å². The summed E-state index contributed by atoms with van der Waals surface area (Å²) in [6.07, 6.45) is 26.2. The minimum Gasteiger partial charge on any atom is -0.444 e. The summed E-state index contributed by atoms with van der Waals surface area (Å²) in [6, 6.07) is 20.6. The third-order valence-electron chi connectivity index (χ3n) is 19.4. The molecule has 4 saturated heterocycles.